The number of amidine groups is 1. The normalized spacial score (nSPS) is 18.5. The average molecular weight is 320 g/mol. The predicted octanol–water partition coefficient (Wildman–Crippen LogP) is 2.82. The van der Waals surface area contributed by atoms with E-state index in [0.29, 0.717) is 11.5 Å². The van der Waals surface area contributed by atoms with Gasteiger partial charge in [-0.2, -0.15) is 4.40 Å². The topological polar surface area (TPSA) is 90.5 Å². The van der Waals surface area contributed by atoms with Crippen molar-refractivity contribution in [1.82, 2.24) is 0 Å². The molecule has 1 aliphatic rings. The third-order valence-electron chi connectivity index (χ3n) is 3.99. The minimum Gasteiger partial charge on any atom is -0.754 e. The zero-order chi connectivity index (χ0) is 15.9. The quantitative estimate of drug-likeness (QED) is 0.496. The van der Waals surface area contributed by atoms with E-state index >= 15 is 0 Å². The summed E-state index contributed by atoms with van der Waals surface area (Å²) in [5, 5.41) is 3.03. The highest BCUT2D eigenvalue weighted by Gasteiger charge is 2.12. The molecule has 3 N–H and O–H groups in total. The van der Waals surface area contributed by atoms with E-state index in [9.17, 15) is 8.76 Å². The Kier molecular flexibility index (Phi) is 6.15. The first-order valence-electron chi connectivity index (χ1n) is 7.54. The fourth-order valence-corrected chi connectivity index (χ4v) is 3.15. The monoisotopic (exact) mass is 320 g/mol. The molecule has 0 bridgehead atoms. The fourth-order valence-electron chi connectivity index (χ4n) is 2.90. The van der Waals surface area contributed by atoms with Gasteiger partial charge in [0.1, 0.15) is 5.84 Å². The molecule has 0 amide bonds. The number of hydrogen-bond donors (Lipinski definition) is 2. The van der Waals surface area contributed by atoms with Gasteiger partial charge in [0.15, 0.2) is 0 Å². The van der Waals surface area contributed by atoms with E-state index in [2.05, 4.69) is 15.8 Å². The highest BCUT2D eigenvalue weighted by Crippen LogP contribution is 2.27. The van der Waals surface area contributed by atoms with Crippen molar-refractivity contribution < 1.29 is 8.76 Å². The number of rotatable bonds is 5. The second-order valence-corrected chi connectivity index (χ2v) is 6.09. The molecule has 1 saturated carbocycles. The van der Waals surface area contributed by atoms with Crippen molar-refractivity contribution in [3.8, 4) is 0 Å². The van der Waals surface area contributed by atoms with E-state index in [1.54, 1.807) is 7.05 Å². The smallest absolute Gasteiger partial charge is 0.143 e. The highest BCUT2D eigenvalue weighted by atomic mass is 32.2. The van der Waals surface area contributed by atoms with Gasteiger partial charge in [-0.25, -0.2) is 0 Å². The third kappa shape index (κ3) is 4.42. The molecule has 5 nitrogen and oxygen atoms in total. The zero-order valence-electron chi connectivity index (χ0n) is 12.7. The van der Waals surface area contributed by atoms with Crippen LogP contribution < -0.4 is 11.1 Å². The molecule has 2 rings (SSSR count). The number of allylic oxidation sites excluding steroid dienone is 1. The third-order valence-corrected chi connectivity index (χ3v) is 4.34. The Bertz CT molecular complexity index is 593. The molecule has 1 aliphatic carbocycles. The fraction of sp³-hybridized carbons (Fsp3) is 0.438. The number of anilines is 1. The Hall–Kier alpha value is -1.66. The molecule has 1 fully saturated rings. The SMILES string of the molecule is CNc1cccc(/C=C/C2CCCCC2)c1C(N)=NS(=O)[O-]. The summed E-state index contributed by atoms with van der Waals surface area (Å²) in [7, 11) is 1.77. The lowest BCUT2D eigenvalue weighted by molar-refractivity contribution is 0.420. The van der Waals surface area contributed by atoms with E-state index in [1.165, 1.54) is 32.1 Å². The second-order valence-electron chi connectivity index (χ2n) is 5.47. The Morgan fingerprint density at radius 1 is 1.41 bits per heavy atom. The molecular weight excluding hydrogens is 298 g/mol. The number of nitrogens with zero attached hydrogens (tertiary/aromatic N) is 1. The molecule has 0 aromatic heterocycles. The number of nitrogens with two attached hydrogens (primary N) is 1. The van der Waals surface area contributed by atoms with Crippen molar-refractivity contribution in [3.05, 3.63) is 35.4 Å². The maximum atomic E-state index is 10.8. The first-order chi connectivity index (χ1) is 10.6. The molecule has 1 unspecified atom stereocenters. The summed E-state index contributed by atoms with van der Waals surface area (Å²) in [5.74, 6) is 0.591. The van der Waals surface area contributed by atoms with Gasteiger partial charge < -0.3 is 15.6 Å². The van der Waals surface area contributed by atoms with Crippen LogP contribution in [0.1, 0.15) is 43.2 Å². The molecule has 0 radical (unpaired) electrons. The van der Waals surface area contributed by atoms with Crippen molar-refractivity contribution in [3.63, 3.8) is 0 Å². The van der Waals surface area contributed by atoms with Gasteiger partial charge in [0.25, 0.3) is 0 Å². The van der Waals surface area contributed by atoms with E-state index in [4.69, 9.17) is 5.73 Å². The molecule has 1 aromatic rings. The Morgan fingerprint density at radius 3 is 2.77 bits per heavy atom. The first-order valence-corrected chi connectivity index (χ1v) is 8.58. The molecule has 0 heterocycles. The number of benzene rings is 1. The predicted molar refractivity (Wildman–Crippen MR) is 91.2 cm³/mol. The van der Waals surface area contributed by atoms with Crippen LogP contribution in [0.15, 0.2) is 28.7 Å². The van der Waals surface area contributed by atoms with E-state index in [1.807, 2.05) is 24.3 Å². The van der Waals surface area contributed by atoms with Gasteiger partial charge in [-0.15, -0.1) is 0 Å². The summed E-state index contributed by atoms with van der Waals surface area (Å²) in [6, 6.07) is 5.69. The van der Waals surface area contributed by atoms with Gasteiger partial charge in [-0.3, -0.25) is 4.21 Å². The van der Waals surface area contributed by atoms with Gasteiger partial charge >= 0.3 is 0 Å². The van der Waals surface area contributed by atoms with Crippen LogP contribution in [0.2, 0.25) is 0 Å². The van der Waals surface area contributed by atoms with Crippen molar-refractivity contribution in [2.45, 2.75) is 32.1 Å². The summed E-state index contributed by atoms with van der Waals surface area (Å²) >= 11 is -2.56. The lowest BCUT2D eigenvalue weighted by Gasteiger charge is -2.18. The number of hydrogen-bond acceptors (Lipinski definition) is 3. The molecule has 120 valence electrons. The first kappa shape index (κ1) is 16.7. The lowest BCUT2D eigenvalue weighted by Crippen LogP contribution is -2.18. The summed E-state index contributed by atoms with van der Waals surface area (Å²) in [6.07, 6.45) is 10.5. The van der Waals surface area contributed by atoms with Crippen LogP contribution >= 0.6 is 0 Å². The Labute approximate surface area is 134 Å². The molecule has 1 aromatic carbocycles. The zero-order valence-corrected chi connectivity index (χ0v) is 13.6. The minimum absolute atomic E-state index is 0.00146. The van der Waals surface area contributed by atoms with Crippen LogP contribution in [0.3, 0.4) is 0 Å². The molecule has 0 aliphatic heterocycles. The van der Waals surface area contributed by atoms with Crippen LogP contribution in [-0.2, 0) is 11.3 Å². The molecular formula is C16H22N3O2S-. The molecule has 0 saturated heterocycles. The Morgan fingerprint density at radius 2 is 2.14 bits per heavy atom. The van der Waals surface area contributed by atoms with Gasteiger partial charge in [-0.05, 0) is 30.4 Å². The van der Waals surface area contributed by atoms with Crippen LogP contribution in [0.25, 0.3) is 6.08 Å². The largest absolute Gasteiger partial charge is 0.754 e. The Balaban J connectivity index is 2.33. The van der Waals surface area contributed by atoms with Crippen LogP contribution in [0.5, 0.6) is 0 Å². The molecule has 1 atom stereocenters. The van der Waals surface area contributed by atoms with Crippen molar-refractivity contribution in [1.29, 1.82) is 0 Å². The second kappa shape index (κ2) is 8.10. The maximum absolute atomic E-state index is 10.8. The van der Waals surface area contributed by atoms with Gasteiger partial charge in [0.2, 0.25) is 0 Å². The standard InChI is InChI=1S/C16H23N3O2S/c1-18-14-9-5-8-13(15(14)16(17)19-22(20)21)11-10-12-6-3-2-4-7-12/h5,8-12,18H,2-4,6-7H2,1H3,(H2,17,19)(H,20,21)/p-1/b11-10+. The highest BCUT2D eigenvalue weighted by molar-refractivity contribution is 7.77. The van der Waals surface area contributed by atoms with Gasteiger partial charge in [0.05, 0.1) is 11.3 Å². The van der Waals surface area contributed by atoms with E-state index in [0.717, 1.165) is 11.3 Å². The molecule has 6 heteroatoms. The summed E-state index contributed by atoms with van der Waals surface area (Å²) < 4.78 is 25.0. The summed E-state index contributed by atoms with van der Waals surface area (Å²) in [4.78, 5) is 0. The lowest BCUT2D eigenvalue weighted by atomic mass is 9.88. The maximum Gasteiger partial charge on any atom is 0.143 e. The van der Waals surface area contributed by atoms with E-state index < -0.39 is 11.3 Å². The van der Waals surface area contributed by atoms with Crippen molar-refractivity contribution in [2.75, 3.05) is 12.4 Å². The van der Waals surface area contributed by atoms with Crippen LogP contribution in [0.4, 0.5) is 5.69 Å². The minimum atomic E-state index is -2.56. The van der Waals surface area contributed by atoms with Crippen molar-refractivity contribution >= 4 is 28.9 Å². The molecule has 22 heavy (non-hydrogen) atoms. The van der Waals surface area contributed by atoms with Crippen LogP contribution in [0, 0.1) is 5.92 Å². The van der Waals surface area contributed by atoms with Gasteiger partial charge in [0, 0.05) is 18.3 Å². The van der Waals surface area contributed by atoms with Gasteiger partial charge in [-0.1, -0.05) is 43.5 Å². The van der Waals surface area contributed by atoms with Crippen molar-refractivity contribution in [2.24, 2.45) is 16.0 Å². The average Bonchev–Trinajstić information content (AvgIpc) is 2.52. The summed E-state index contributed by atoms with van der Waals surface area (Å²) in [6.45, 7) is 0. The van der Waals surface area contributed by atoms with Crippen LogP contribution in [-0.4, -0.2) is 21.6 Å². The molecule has 0 spiro atoms. The summed E-state index contributed by atoms with van der Waals surface area (Å²) in [5.41, 5.74) is 8.13. The number of nitrogens with one attached hydrogen (secondary N) is 1. The van der Waals surface area contributed by atoms with E-state index in [-0.39, 0.29) is 5.84 Å².